The third-order valence-electron chi connectivity index (χ3n) is 7.51. The van der Waals surface area contributed by atoms with Gasteiger partial charge in [-0.25, -0.2) is 4.68 Å². The third-order valence-corrected chi connectivity index (χ3v) is 7.51. The van der Waals surface area contributed by atoms with E-state index >= 15 is 0 Å². The predicted molar refractivity (Wildman–Crippen MR) is 146 cm³/mol. The lowest BCUT2D eigenvalue weighted by molar-refractivity contribution is -0.141. The van der Waals surface area contributed by atoms with Crippen molar-refractivity contribution in [1.82, 2.24) is 19.6 Å². The molecule has 42 heavy (non-hydrogen) atoms. The van der Waals surface area contributed by atoms with Gasteiger partial charge in [-0.1, -0.05) is 0 Å². The molecule has 1 saturated heterocycles. The summed E-state index contributed by atoms with van der Waals surface area (Å²) in [6, 6.07) is 10.6. The molecule has 1 fully saturated rings. The molecule has 3 heterocycles. The molecule has 1 aromatic heterocycles. The van der Waals surface area contributed by atoms with Gasteiger partial charge in [0.25, 0.3) is 17.7 Å². The SMILES string of the molecule is COc1ccc(-n2nc(C(F)(F)F)c3c2C(=O)N(c2ccc(C(=O)N(C)C)cc2)CC3)c(C(=O)N2CCC[C@H]2OC)c1. The number of likely N-dealkylation sites (tertiary alicyclic amines) is 1. The van der Waals surface area contributed by atoms with Gasteiger partial charge in [0.2, 0.25) is 0 Å². The Morgan fingerprint density at radius 1 is 1.05 bits per heavy atom. The number of benzene rings is 2. The molecule has 0 aliphatic carbocycles. The topological polar surface area (TPSA) is 97.2 Å². The normalized spacial score (nSPS) is 16.9. The van der Waals surface area contributed by atoms with Gasteiger partial charge in [0.15, 0.2) is 5.69 Å². The highest BCUT2D eigenvalue weighted by atomic mass is 19.4. The van der Waals surface area contributed by atoms with E-state index in [-0.39, 0.29) is 41.4 Å². The summed E-state index contributed by atoms with van der Waals surface area (Å²) in [5.41, 5.74) is -0.865. The Kier molecular flexibility index (Phi) is 7.71. The molecule has 2 aliphatic heterocycles. The zero-order valence-electron chi connectivity index (χ0n) is 23.6. The monoisotopic (exact) mass is 585 g/mol. The molecule has 222 valence electrons. The van der Waals surface area contributed by atoms with Crippen LogP contribution >= 0.6 is 0 Å². The Balaban J connectivity index is 1.63. The van der Waals surface area contributed by atoms with E-state index in [1.54, 1.807) is 38.4 Å². The number of carbonyl (C=O) groups excluding carboxylic acids is 3. The molecule has 13 heteroatoms. The lowest BCUT2D eigenvalue weighted by Gasteiger charge is -2.29. The fraction of sp³-hybridized carbons (Fsp3) is 0.379. The van der Waals surface area contributed by atoms with Crippen molar-refractivity contribution in [3.8, 4) is 11.4 Å². The first-order chi connectivity index (χ1) is 20.0. The molecular formula is C29H30F3N5O5. The van der Waals surface area contributed by atoms with E-state index in [0.29, 0.717) is 36.4 Å². The minimum atomic E-state index is -4.83. The molecule has 0 bridgehead atoms. The van der Waals surface area contributed by atoms with Crippen molar-refractivity contribution in [2.45, 2.75) is 31.7 Å². The highest BCUT2D eigenvalue weighted by Gasteiger charge is 2.44. The van der Waals surface area contributed by atoms with Crippen LogP contribution < -0.4 is 9.64 Å². The van der Waals surface area contributed by atoms with Crippen molar-refractivity contribution in [3.63, 3.8) is 0 Å². The number of hydrogen-bond donors (Lipinski definition) is 0. The summed E-state index contributed by atoms with van der Waals surface area (Å²) in [5.74, 6) is -1.11. The van der Waals surface area contributed by atoms with Crippen LogP contribution in [0.4, 0.5) is 18.9 Å². The first kappa shape index (κ1) is 29.1. The minimum Gasteiger partial charge on any atom is -0.497 e. The van der Waals surface area contributed by atoms with Gasteiger partial charge < -0.3 is 24.2 Å². The van der Waals surface area contributed by atoms with Crippen molar-refractivity contribution in [3.05, 3.63) is 70.5 Å². The van der Waals surface area contributed by atoms with Crippen LogP contribution in [0.2, 0.25) is 0 Å². The van der Waals surface area contributed by atoms with Crippen LogP contribution in [0.5, 0.6) is 5.75 Å². The van der Waals surface area contributed by atoms with Crippen molar-refractivity contribution in [1.29, 1.82) is 0 Å². The molecule has 5 rings (SSSR count). The average molecular weight is 586 g/mol. The zero-order chi connectivity index (χ0) is 30.3. The third kappa shape index (κ3) is 5.08. The lowest BCUT2D eigenvalue weighted by atomic mass is 10.0. The van der Waals surface area contributed by atoms with Gasteiger partial charge in [0, 0.05) is 51.1 Å². The van der Waals surface area contributed by atoms with Crippen LogP contribution in [0.3, 0.4) is 0 Å². The molecule has 0 spiro atoms. The number of aromatic nitrogens is 2. The van der Waals surface area contributed by atoms with Crippen LogP contribution in [0, 0.1) is 0 Å². The number of ether oxygens (including phenoxy) is 2. The van der Waals surface area contributed by atoms with Gasteiger partial charge in [0.05, 0.1) is 18.4 Å². The minimum absolute atomic E-state index is 0.0106. The largest absolute Gasteiger partial charge is 0.497 e. The summed E-state index contributed by atoms with van der Waals surface area (Å²) < 4.78 is 54.3. The van der Waals surface area contributed by atoms with Crippen LogP contribution in [0.25, 0.3) is 5.69 Å². The Morgan fingerprint density at radius 2 is 1.76 bits per heavy atom. The molecule has 0 N–H and O–H groups in total. The molecule has 2 aromatic carbocycles. The summed E-state index contributed by atoms with van der Waals surface area (Å²) in [5, 5.41) is 3.88. The molecule has 3 amide bonds. The van der Waals surface area contributed by atoms with Crippen LogP contribution in [0.1, 0.15) is 55.3 Å². The van der Waals surface area contributed by atoms with E-state index < -0.39 is 29.9 Å². The molecular weight excluding hydrogens is 555 g/mol. The maximum absolute atomic E-state index is 14.2. The van der Waals surface area contributed by atoms with E-state index in [1.807, 2.05) is 0 Å². The number of carbonyl (C=O) groups is 3. The Labute approximate surface area is 240 Å². The smallest absolute Gasteiger partial charge is 0.435 e. The number of hydrogen-bond acceptors (Lipinski definition) is 6. The second kappa shape index (κ2) is 11.1. The Morgan fingerprint density at radius 3 is 2.38 bits per heavy atom. The number of alkyl halides is 3. The summed E-state index contributed by atoms with van der Waals surface area (Å²) in [6.07, 6.45) is -4.13. The lowest BCUT2D eigenvalue weighted by Crippen LogP contribution is -2.39. The number of anilines is 1. The number of methoxy groups -OCH3 is 2. The molecule has 1 atom stereocenters. The highest BCUT2D eigenvalue weighted by molar-refractivity contribution is 6.08. The summed E-state index contributed by atoms with van der Waals surface area (Å²) >= 11 is 0. The van der Waals surface area contributed by atoms with E-state index in [0.717, 1.165) is 4.68 Å². The predicted octanol–water partition coefficient (Wildman–Crippen LogP) is 4.01. The molecule has 0 saturated carbocycles. The van der Waals surface area contributed by atoms with Crippen LogP contribution in [0.15, 0.2) is 42.5 Å². The zero-order valence-corrected chi connectivity index (χ0v) is 23.6. The van der Waals surface area contributed by atoms with E-state index in [1.165, 1.54) is 47.1 Å². The standard InChI is InChI=1S/C29H30F3N5O5/c1-34(2)26(38)17-7-9-18(10-8-17)35-15-13-20-24(28(35)40)37(33-25(20)29(30,31)32)22-12-11-19(41-3)16-21(22)27(39)36-14-5-6-23(36)42-4/h7-12,16,23H,5-6,13-15H2,1-4H3/t23-/m1/s1. The maximum Gasteiger partial charge on any atom is 0.435 e. The average Bonchev–Trinajstić information content (AvgIpc) is 3.62. The van der Waals surface area contributed by atoms with Gasteiger partial charge in [-0.05, 0) is 61.7 Å². The van der Waals surface area contributed by atoms with Gasteiger partial charge in [-0.3, -0.25) is 14.4 Å². The van der Waals surface area contributed by atoms with E-state index in [2.05, 4.69) is 5.10 Å². The Hall–Kier alpha value is -4.39. The van der Waals surface area contributed by atoms with Crippen molar-refractivity contribution >= 4 is 23.4 Å². The maximum atomic E-state index is 14.2. The fourth-order valence-electron chi connectivity index (χ4n) is 5.42. The van der Waals surface area contributed by atoms with Crippen molar-refractivity contribution in [2.75, 3.05) is 46.3 Å². The number of rotatable bonds is 6. The van der Waals surface area contributed by atoms with Gasteiger partial charge in [-0.2, -0.15) is 18.3 Å². The summed E-state index contributed by atoms with van der Waals surface area (Å²) in [7, 11) is 6.12. The van der Waals surface area contributed by atoms with Crippen molar-refractivity contribution < 1.29 is 37.0 Å². The first-order valence-electron chi connectivity index (χ1n) is 13.3. The molecule has 10 nitrogen and oxygen atoms in total. The quantitative estimate of drug-likeness (QED) is 0.434. The number of halogens is 3. The molecule has 0 radical (unpaired) electrons. The van der Waals surface area contributed by atoms with Gasteiger partial charge in [0.1, 0.15) is 17.7 Å². The van der Waals surface area contributed by atoms with Gasteiger partial charge >= 0.3 is 6.18 Å². The Bertz CT molecular complexity index is 1530. The number of amides is 3. The fourth-order valence-corrected chi connectivity index (χ4v) is 5.42. The first-order valence-corrected chi connectivity index (χ1v) is 13.3. The van der Waals surface area contributed by atoms with E-state index in [9.17, 15) is 27.6 Å². The second-order valence-electron chi connectivity index (χ2n) is 10.3. The highest BCUT2D eigenvalue weighted by Crippen LogP contribution is 2.38. The summed E-state index contributed by atoms with van der Waals surface area (Å²) in [4.78, 5) is 44.2. The number of nitrogens with zero attached hydrogens (tertiary/aromatic N) is 5. The molecule has 2 aliphatic rings. The van der Waals surface area contributed by atoms with Crippen LogP contribution in [-0.4, -0.2) is 84.9 Å². The van der Waals surface area contributed by atoms with E-state index in [4.69, 9.17) is 9.47 Å². The summed E-state index contributed by atoms with van der Waals surface area (Å²) in [6.45, 7) is 0.372. The van der Waals surface area contributed by atoms with Crippen molar-refractivity contribution in [2.24, 2.45) is 0 Å². The van der Waals surface area contributed by atoms with Crippen LogP contribution in [-0.2, 0) is 17.3 Å². The molecule has 0 unspecified atom stereocenters. The van der Waals surface area contributed by atoms with Gasteiger partial charge in [-0.15, -0.1) is 0 Å². The second-order valence-corrected chi connectivity index (χ2v) is 10.3. The number of fused-ring (bicyclic) bond motifs is 1. The molecule has 3 aromatic rings.